The average Bonchev–Trinajstić information content (AvgIpc) is 2.77. The van der Waals surface area contributed by atoms with E-state index in [1.54, 1.807) is 36.4 Å². The van der Waals surface area contributed by atoms with Gasteiger partial charge in [-0.2, -0.15) is 0 Å². The van der Waals surface area contributed by atoms with Gasteiger partial charge in [0.1, 0.15) is 10.7 Å². The molecule has 3 rings (SSSR count). The van der Waals surface area contributed by atoms with Crippen LogP contribution in [0.5, 0.6) is 0 Å². The Morgan fingerprint density at radius 2 is 1.72 bits per heavy atom. The smallest absolute Gasteiger partial charge is 0.266 e. The molecule has 0 heterocycles. The van der Waals surface area contributed by atoms with Gasteiger partial charge in [-0.05, 0) is 48.0 Å². The van der Waals surface area contributed by atoms with Crippen LogP contribution in [0.15, 0.2) is 84.3 Å². The first-order chi connectivity index (χ1) is 15.2. The van der Waals surface area contributed by atoms with Crippen molar-refractivity contribution in [2.45, 2.75) is 11.4 Å². The van der Waals surface area contributed by atoms with Crippen molar-refractivity contribution in [3.05, 3.63) is 106 Å². The summed E-state index contributed by atoms with van der Waals surface area (Å²) in [5.74, 6) is -0.884. The third-order valence-electron chi connectivity index (χ3n) is 4.54. The molecule has 32 heavy (non-hydrogen) atoms. The van der Waals surface area contributed by atoms with E-state index in [0.717, 1.165) is 4.31 Å². The normalized spacial score (nSPS) is 11.1. The summed E-state index contributed by atoms with van der Waals surface area (Å²) >= 11 is 12.4. The SMILES string of the molecule is C=CCN(c1ccccc1Cl)S(=O)(=O)c1cc(C(=O)NCc2ccc(F)cc2)ccc1Cl. The molecule has 3 aromatic carbocycles. The van der Waals surface area contributed by atoms with Crippen LogP contribution in [0.1, 0.15) is 15.9 Å². The van der Waals surface area contributed by atoms with E-state index in [4.69, 9.17) is 23.2 Å². The lowest BCUT2D eigenvalue weighted by atomic mass is 10.2. The molecule has 0 aliphatic rings. The summed E-state index contributed by atoms with van der Waals surface area (Å²) < 4.78 is 41.0. The van der Waals surface area contributed by atoms with Gasteiger partial charge in [-0.15, -0.1) is 6.58 Å². The Hall–Kier alpha value is -2.87. The number of halogens is 3. The maximum absolute atomic E-state index is 13.4. The molecule has 0 spiro atoms. The van der Waals surface area contributed by atoms with Gasteiger partial charge in [-0.25, -0.2) is 12.8 Å². The zero-order valence-electron chi connectivity index (χ0n) is 16.8. The van der Waals surface area contributed by atoms with Crippen molar-refractivity contribution in [2.75, 3.05) is 10.8 Å². The summed E-state index contributed by atoms with van der Waals surface area (Å²) in [4.78, 5) is 12.4. The van der Waals surface area contributed by atoms with Crippen LogP contribution < -0.4 is 9.62 Å². The number of hydrogen-bond acceptors (Lipinski definition) is 3. The van der Waals surface area contributed by atoms with Crippen molar-refractivity contribution in [1.82, 2.24) is 5.32 Å². The second kappa shape index (κ2) is 10.2. The van der Waals surface area contributed by atoms with Crippen LogP contribution in [0, 0.1) is 5.82 Å². The lowest BCUT2D eigenvalue weighted by Crippen LogP contribution is -2.32. The summed E-state index contributed by atoms with van der Waals surface area (Å²) in [7, 11) is -4.17. The van der Waals surface area contributed by atoms with Crippen LogP contribution in [0.25, 0.3) is 0 Å². The molecule has 0 saturated carbocycles. The minimum atomic E-state index is -4.17. The van der Waals surface area contributed by atoms with Gasteiger partial charge in [0.2, 0.25) is 0 Å². The van der Waals surface area contributed by atoms with Crippen LogP contribution in [0.4, 0.5) is 10.1 Å². The van der Waals surface area contributed by atoms with Crippen LogP contribution in [-0.2, 0) is 16.6 Å². The van der Waals surface area contributed by atoms with E-state index < -0.39 is 15.9 Å². The highest BCUT2D eigenvalue weighted by molar-refractivity contribution is 7.93. The molecule has 5 nitrogen and oxygen atoms in total. The molecule has 0 aliphatic heterocycles. The van der Waals surface area contributed by atoms with E-state index >= 15 is 0 Å². The molecule has 0 saturated heterocycles. The monoisotopic (exact) mass is 492 g/mol. The number of carbonyl (C=O) groups is 1. The quantitative estimate of drug-likeness (QED) is 0.425. The van der Waals surface area contributed by atoms with Gasteiger partial charge in [0, 0.05) is 12.1 Å². The van der Waals surface area contributed by atoms with E-state index in [2.05, 4.69) is 11.9 Å². The van der Waals surface area contributed by atoms with Crippen LogP contribution in [0.2, 0.25) is 10.0 Å². The Morgan fingerprint density at radius 1 is 1.03 bits per heavy atom. The molecule has 0 aromatic heterocycles. The predicted molar refractivity (Wildman–Crippen MR) is 125 cm³/mol. The van der Waals surface area contributed by atoms with E-state index in [1.165, 1.54) is 36.4 Å². The van der Waals surface area contributed by atoms with Gasteiger partial charge in [0.25, 0.3) is 15.9 Å². The molecule has 0 atom stereocenters. The molecular weight excluding hydrogens is 474 g/mol. The fourth-order valence-electron chi connectivity index (χ4n) is 2.94. The summed E-state index contributed by atoms with van der Waals surface area (Å²) in [5.41, 5.74) is 1.06. The lowest BCUT2D eigenvalue weighted by Gasteiger charge is -2.24. The van der Waals surface area contributed by atoms with Crippen molar-refractivity contribution in [3.63, 3.8) is 0 Å². The number of hydrogen-bond donors (Lipinski definition) is 1. The molecule has 1 amide bonds. The Labute approximate surface area is 196 Å². The Morgan fingerprint density at radius 3 is 2.38 bits per heavy atom. The first kappa shape index (κ1) is 23.8. The highest BCUT2D eigenvalue weighted by Crippen LogP contribution is 2.33. The zero-order valence-corrected chi connectivity index (χ0v) is 19.1. The zero-order chi connectivity index (χ0) is 23.3. The molecule has 0 fully saturated rings. The van der Waals surface area contributed by atoms with Gasteiger partial charge >= 0.3 is 0 Å². The Balaban J connectivity index is 1.92. The number of carbonyl (C=O) groups excluding carboxylic acids is 1. The minimum absolute atomic E-state index is 0.0406. The lowest BCUT2D eigenvalue weighted by molar-refractivity contribution is 0.0950. The first-order valence-corrected chi connectivity index (χ1v) is 11.6. The number of para-hydroxylation sites is 1. The maximum Gasteiger partial charge on any atom is 0.266 e. The fourth-order valence-corrected chi connectivity index (χ4v) is 5.19. The summed E-state index contributed by atoms with van der Waals surface area (Å²) in [5, 5.41) is 2.88. The molecule has 0 radical (unpaired) electrons. The summed E-state index contributed by atoms with van der Waals surface area (Å²) in [6.07, 6.45) is 1.42. The highest BCUT2D eigenvalue weighted by atomic mass is 35.5. The van der Waals surface area contributed by atoms with E-state index in [9.17, 15) is 17.6 Å². The van der Waals surface area contributed by atoms with E-state index in [-0.39, 0.29) is 45.1 Å². The van der Waals surface area contributed by atoms with Crippen molar-refractivity contribution < 1.29 is 17.6 Å². The van der Waals surface area contributed by atoms with Crippen molar-refractivity contribution >= 4 is 44.8 Å². The molecule has 166 valence electrons. The topological polar surface area (TPSA) is 66.5 Å². The van der Waals surface area contributed by atoms with E-state index in [1.807, 2.05) is 0 Å². The fraction of sp³-hybridized carbons (Fsp3) is 0.0870. The largest absolute Gasteiger partial charge is 0.348 e. The van der Waals surface area contributed by atoms with E-state index in [0.29, 0.717) is 5.56 Å². The molecule has 0 bridgehead atoms. The third-order valence-corrected chi connectivity index (χ3v) is 7.12. The van der Waals surface area contributed by atoms with Gasteiger partial charge in [0.15, 0.2) is 0 Å². The molecule has 1 N–H and O–H groups in total. The highest BCUT2D eigenvalue weighted by Gasteiger charge is 2.28. The van der Waals surface area contributed by atoms with Crippen molar-refractivity contribution in [1.29, 1.82) is 0 Å². The average molecular weight is 493 g/mol. The van der Waals surface area contributed by atoms with Gasteiger partial charge in [0.05, 0.1) is 22.3 Å². The van der Waals surface area contributed by atoms with Crippen LogP contribution >= 0.6 is 23.2 Å². The second-order valence-corrected chi connectivity index (χ2v) is 9.38. The third kappa shape index (κ3) is 5.30. The molecule has 9 heteroatoms. The van der Waals surface area contributed by atoms with Gasteiger partial charge in [-0.1, -0.05) is 53.5 Å². The number of anilines is 1. The number of nitrogens with one attached hydrogen (secondary N) is 1. The Kier molecular flexibility index (Phi) is 7.56. The summed E-state index contributed by atoms with van der Waals surface area (Å²) in [6.45, 7) is 3.71. The van der Waals surface area contributed by atoms with Crippen molar-refractivity contribution in [2.24, 2.45) is 0 Å². The van der Waals surface area contributed by atoms with Gasteiger partial charge < -0.3 is 5.32 Å². The first-order valence-electron chi connectivity index (χ1n) is 9.44. The standard InChI is InChI=1S/C23H19Cl2FN2O3S/c1-2-13-28(21-6-4-3-5-19(21)24)32(30,31)22-14-17(9-12-20(22)25)23(29)27-15-16-7-10-18(26)11-8-16/h2-12,14H,1,13,15H2,(H,27,29). The maximum atomic E-state index is 13.4. The van der Waals surface area contributed by atoms with Gasteiger partial charge in [-0.3, -0.25) is 9.10 Å². The predicted octanol–water partition coefficient (Wildman–Crippen LogP) is 5.44. The minimum Gasteiger partial charge on any atom is -0.348 e. The molecule has 3 aromatic rings. The van der Waals surface area contributed by atoms with Crippen LogP contribution in [0.3, 0.4) is 0 Å². The second-order valence-electron chi connectivity index (χ2n) is 6.73. The Bertz CT molecular complexity index is 1250. The number of amides is 1. The number of benzene rings is 3. The molecular formula is C23H19Cl2FN2O3S. The molecule has 0 aliphatic carbocycles. The number of rotatable bonds is 8. The van der Waals surface area contributed by atoms with Crippen LogP contribution in [-0.4, -0.2) is 20.9 Å². The number of nitrogens with zero attached hydrogens (tertiary/aromatic N) is 1. The van der Waals surface area contributed by atoms with Crippen molar-refractivity contribution in [3.8, 4) is 0 Å². The number of sulfonamides is 1. The summed E-state index contributed by atoms with van der Waals surface area (Å²) in [6, 6.07) is 16.1. The molecule has 0 unspecified atom stereocenters.